The zero-order chi connectivity index (χ0) is 8.20. The Morgan fingerprint density at radius 1 is 1.60 bits per heavy atom. The molecule has 0 aliphatic rings. The lowest BCUT2D eigenvalue weighted by atomic mass is 10.3. The fourth-order valence-corrected chi connectivity index (χ4v) is 1.01. The quantitative estimate of drug-likeness (QED) is 0.572. The van der Waals surface area contributed by atoms with Crippen molar-refractivity contribution < 1.29 is 0 Å². The molecule has 0 aromatic carbocycles. The van der Waals surface area contributed by atoms with Gasteiger partial charge in [-0.3, -0.25) is 0 Å². The van der Waals surface area contributed by atoms with Crippen LogP contribution in [-0.2, 0) is 0 Å². The zero-order valence-corrected chi connectivity index (χ0v) is 7.59. The lowest BCUT2D eigenvalue weighted by molar-refractivity contribution is 0.804. The van der Waals surface area contributed by atoms with E-state index in [9.17, 15) is 0 Å². The first-order valence-corrected chi connectivity index (χ1v) is 4.16. The van der Waals surface area contributed by atoms with Gasteiger partial charge >= 0.3 is 0 Å². The summed E-state index contributed by atoms with van der Waals surface area (Å²) in [4.78, 5) is 0. The smallest absolute Gasteiger partial charge is 0.0949 e. The van der Waals surface area contributed by atoms with Crippen molar-refractivity contribution in [2.24, 2.45) is 0 Å². The lowest BCUT2D eigenvalue weighted by Gasteiger charge is -2.16. The van der Waals surface area contributed by atoms with Crippen LogP contribution >= 0.6 is 11.8 Å². The number of rotatable bonds is 2. The second kappa shape index (κ2) is 3.68. The third-order valence-electron chi connectivity index (χ3n) is 0.838. The van der Waals surface area contributed by atoms with Gasteiger partial charge < -0.3 is 0 Å². The van der Waals surface area contributed by atoms with Crippen LogP contribution in [0.1, 0.15) is 20.8 Å². The maximum atomic E-state index is 8.37. The van der Waals surface area contributed by atoms with E-state index in [2.05, 4.69) is 27.4 Å². The van der Waals surface area contributed by atoms with Crippen LogP contribution in [0.5, 0.6) is 0 Å². The lowest BCUT2D eigenvalue weighted by Crippen LogP contribution is -2.08. The van der Waals surface area contributed by atoms with Gasteiger partial charge in [0.1, 0.15) is 0 Å². The van der Waals surface area contributed by atoms with Crippen LogP contribution in [0.15, 0.2) is 12.2 Å². The van der Waals surface area contributed by atoms with E-state index in [-0.39, 0.29) is 4.75 Å². The minimum Gasteiger partial charge on any atom is -0.193 e. The zero-order valence-electron chi connectivity index (χ0n) is 6.77. The fourth-order valence-electron chi connectivity index (χ4n) is 0.336. The molecule has 0 spiro atoms. The third kappa shape index (κ3) is 5.71. The standard InChI is InChI=1S/C8H13NS/c1-7(5-9)6-10-8(2,3)4/h1,6H2,2-4H3. The second-order valence-corrected chi connectivity index (χ2v) is 4.92. The van der Waals surface area contributed by atoms with Crippen molar-refractivity contribution in [3.8, 4) is 6.07 Å². The average molecular weight is 155 g/mol. The van der Waals surface area contributed by atoms with Crippen LogP contribution in [0.3, 0.4) is 0 Å². The molecule has 2 heteroatoms. The van der Waals surface area contributed by atoms with E-state index in [0.29, 0.717) is 5.57 Å². The Hall–Kier alpha value is -0.420. The number of hydrogen-bond donors (Lipinski definition) is 0. The molecule has 0 bridgehead atoms. The van der Waals surface area contributed by atoms with Gasteiger partial charge in [-0.1, -0.05) is 27.4 Å². The Balaban J connectivity index is 3.58. The van der Waals surface area contributed by atoms with Gasteiger partial charge in [0.2, 0.25) is 0 Å². The minimum atomic E-state index is 0.236. The summed E-state index contributed by atoms with van der Waals surface area (Å²) in [5, 5.41) is 8.37. The summed E-state index contributed by atoms with van der Waals surface area (Å²) in [6.45, 7) is 9.98. The highest BCUT2D eigenvalue weighted by Crippen LogP contribution is 2.24. The first kappa shape index (κ1) is 9.58. The Morgan fingerprint density at radius 2 is 2.10 bits per heavy atom. The summed E-state index contributed by atoms with van der Waals surface area (Å²) in [7, 11) is 0. The maximum absolute atomic E-state index is 8.37. The molecule has 0 atom stereocenters. The van der Waals surface area contributed by atoms with Gasteiger partial charge in [0.05, 0.1) is 6.07 Å². The molecule has 0 aromatic rings. The number of nitrogens with zero attached hydrogens (tertiary/aromatic N) is 1. The van der Waals surface area contributed by atoms with Crippen molar-refractivity contribution in [1.82, 2.24) is 0 Å². The molecule has 0 aromatic heterocycles. The third-order valence-corrected chi connectivity index (χ3v) is 2.20. The summed E-state index contributed by atoms with van der Waals surface area (Å²) in [6, 6.07) is 2.02. The van der Waals surface area contributed by atoms with Gasteiger partial charge in [-0.25, -0.2) is 0 Å². The normalized spacial score (nSPS) is 10.6. The van der Waals surface area contributed by atoms with Crippen LogP contribution in [-0.4, -0.2) is 10.5 Å². The predicted octanol–water partition coefficient (Wildman–Crippen LogP) is 2.60. The van der Waals surface area contributed by atoms with E-state index in [1.807, 2.05) is 6.07 Å². The molecule has 0 radical (unpaired) electrons. The molecule has 0 saturated heterocycles. The summed E-state index contributed by atoms with van der Waals surface area (Å²) >= 11 is 1.74. The van der Waals surface area contributed by atoms with Gasteiger partial charge in [0.25, 0.3) is 0 Å². The number of nitriles is 1. The Morgan fingerprint density at radius 3 is 2.40 bits per heavy atom. The van der Waals surface area contributed by atoms with Crippen LogP contribution in [0.4, 0.5) is 0 Å². The molecule has 56 valence electrons. The molecule has 0 amide bonds. The predicted molar refractivity (Wildman–Crippen MR) is 47.0 cm³/mol. The van der Waals surface area contributed by atoms with Gasteiger partial charge in [-0.15, -0.1) is 0 Å². The summed E-state index contributed by atoms with van der Waals surface area (Å²) in [5.41, 5.74) is 0.653. The van der Waals surface area contributed by atoms with Crippen molar-refractivity contribution in [3.05, 3.63) is 12.2 Å². The van der Waals surface area contributed by atoms with Crippen molar-refractivity contribution in [1.29, 1.82) is 5.26 Å². The molecule has 0 saturated carbocycles. The Labute approximate surface area is 67.1 Å². The molecule has 0 unspecified atom stereocenters. The van der Waals surface area contributed by atoms with Gasteiger partial charge in [0, 0.05) is 16.1 Å². The highest BCUT2D eigenvalue weighted by molar-refractivity contribution is 8.00. The Kier molecular flexibility index (Phi) is 3.52. The molecule has 0 rings (SSSR count). The van der Waals surface area contributed by atoms with Crippen molar-refractivity contribution in [2.75, 3.05) is 5.75 Å². The van der Waals surface area contributed by atoms with Gasteiger partial charge in [-0.2, -0.15) is 17.0 Å². The largest absolute Gasteiger partial charge is 0.193 e. The molecule has 0 aliphatic carbocycles. The Bertz CT molecular complexity index is 159. The van der Waals surface area contributed by atoms with Crippen LogP contribution < -0.4 is 0 Å². The maximum Gasteiger partial charge on any atom is 0.0949 e. The van der Waals surface area contributed by atoms with E-state index in [4.69, 9.17) is 5.26 Å². The van der Waals surface area contributed by atoms with E-state index in [0.717, 1.165) is 5.75 Å². The van der Waals surface area contributed by atoms with Crippen LogP contribution in [0, 0.1) is 11.3 Å². The van der Waals surface area contributed by atoms with E-state index in [1.165, 1.54) is 0 Å². The summed E-state index contributed by atoms with van der Waals surface area (Å²) in [5.74, 6) is 0.750. The number of hydrogen-bond acceptors (Lipinski definition) is 2. The molecular formula is C8H13NS. The van der Waals surface area contributed by atoms with Crippen molar-refractivity contribution in [3.63, 3.8) is 0 Å². The SMILES string of the molecule is C=C(C#N)CSC(C)(C)C. The molecular weight excluding hydrogens is 142 g/mol. The van der Waals surface area contributed by atoms with Gasteiger partial charge in [-0.05, 0) is 0 Å². The molecule has 0 fully saturated rings. The van der Waals surface area contributed by atoms with E-state index in [1.54, 1.807) is 11.8 Å². The minimum absolute atomic E-state index is 0.236. The molecule has 0 heterocycles. The van der Waals surface area contributed by atoms with Gasteiger partial charge in [0.15, 0.2) is 0 Å². The molecule has 10 heavy (non-hydrogen) atoms. The number of thioether (sulfide) groups is 1. The topological polar surface area (TPSA) is 23.8 Å². The fraction of sp³-hybridized carbons (Fsp3) is 0.625. The summed E-state index contributed by atoms with van der Waals surface area (Å²) < 4.78 is 0.236. The molecule has 1 nitrogen and oxygen atoms in total. The molecule has 0 aliphatic heterocycles. The highest BCUT2D eigenvalue weighted by Gasteiger charge is 2.10. The first-order valence-electron chi connectivity index (χ1n) is 3.17. The van der Waals surface area contributed by atoms with E-state index >= 15 is 0 Å². The average Bonchev–Trinajstić information content (AvgIpc) is 1.81. The first-order chi connectivity index (χ1) is 4.45. The van der Waals surface area contributed by atoms with Crippen LogP contribution in [0.2, 0.25) is 0 Å². The molecule has 0 N–H and O–H groups in total. The van der Waals surface area contributed by atoms with Crippen molar-refractivity contribution >= 4 is 11.8 Å². The van der Waals surface area contributed by atoms with Crippen molar-refractivity contribution in [2.45, 2.75) is 25.5 Å². The van der Waals surface area contributed by atoms with Crippen LogP contribution in [0.25, 0.3) is 0 Å². The van der Waals surface area contributed by atoms with E-state index < -0.39 is 0 Å². The summed E-state index contributed by atoms with van der Waals surface area (Å²) in [6.07, 6.45) is 0. The second-order valence-electron chi connectivity index (χ2n) is 3.12. The monoisotopic (exact) mass is 155 g/mol. The highest BCUT2D eigenvalue weighted by atomic mass is 32.2.